The summed E-state index contributed by atoms with van der Waals surface area (Å²) in [6.45, 7) is 0.266. The van der Waals surface area contributed by atoms with E-state index in [0.717, 1.165) is 5.56 Å². The predicted octanol–water partition coefficient (Wildman–Crippen LogP) is 4.12. The molecule has 0 amide bonds. The van der Waals surface area contributed by atoms with Crippen LogP contribution in [0.15, 0.2) is 50.2 Å². The fourth-order valence-electron chi connectivity index (χ4n) is 1.65. The van der Waals surface area contributed by atoms with Crippen molar-refractivity contribution >= 4 is 59.2 Å². The Balaban J connectivity index is 2.40. The van der Waals surface area contributed by atoms with E-state index in [-0.39, 0.29) is 11.4 Å². The molecule has 21 heavy (non-hydrogen) atoms. The lowest BCUT2D eigenvalue weighted by molar-refractivity contribution is 0.600. The van der Waals surface area contributed by atoms with Crippen LogP contribution in [0.4, 0.5) is 5.69 Å². The summed E-state index contributed by atoms with van der Waals surface area (Å²) >= 11 is 12.4. The van der Waals surface area contributed by atoms with Crippen LogP contribution in [0.3, 0.4) is 0 Å². The van der Waals surface area contributed by atoms with Gasteiger partial charge in [-0.15, -0.1) is 0 Å². The van der Waals surface area contributed by atoms with Gasteiger partial charge in [-0.3, -0.25) is 4.72 Å². The zero-order chi connectivity index (χ0) is 15.6. The Morgan fingerprint density at radius 2 is 1.81 bits per heavy atom. The van der Waals surface area contributed by atoms with Crippen LogP contribution < -0.4 is 10.5 Å². The first-order valence-corrected chi connectivity index (χ1v) is 9.24. The van der Waals surface area contributed by atoms with E-state index in [0.29, 0.717) is 19.7 Å². The van der Waals surface area contributed by atoms with Gasteiger partial charge in [0, 0.05) is 15.5 Å². The van der Waals surface area contributed by atoms with Crippen molar-refractivity contribution in [3.05, 3.63) is 55.9 Å². The topological polar surface area (TPSA) is 72.2 Å². The van der Waals surface area contributed by atoms with Gasteiger partial charge in [-0.25, -0.2) is 8.42 Å². The maximum absolute atomic E-state index is 12.5. The van der Waals surface area contributed by atoms with Crippen molar-refractivity contribution in [3.63, 3.8) is 0 Å². The van der Waals surface area contributed by atoms with Crippen molar-refractivity contribution in [2.45, 2.75) is 11.4 Å². The minimum absolute atomic E-state index is 0.136. The summed E-state index contributed by atoms with van der Waals surface area (Å²) in [6.07, 6.45) is 0. The molecule has 2 aromatic carbocycles. The van der Waals surface area contributed by atoms with E-state index in [1.165, 1.54) is 6.07 Å². The first-order chi connectivity index (χ1) is 9.83. The molecule has 0 aliphatic heterocycles. The van der Waals surface area contributed by atoms with Crippen molar-refractivity contribution in [2.75, 3.05) is 4.72 Å². The SMILES string of the molecule is NCc1ccc(Br)c(S(=O)(=O)Nc2ccc(Cl)c(Br)c2)c1. The fraction of sp³-hybridized carbons (Fsp3) is 0.0769. The molecular weight excluding hydrogens is 443 g/mol. The molecule has 0 unspecified atom stereocenters. The summed E-state index contributed by atoms with van der Waals surface area (Å²) in [4.78, 5) is 0.136. The lowest BCUT2D eigenvalue weighted by atomic mass is 10.2. The van der Waals surface area contributed by atoms with Gasteiger partial charge in [-0.1, -0.05) is 17.7 Å². The van der Waals surface area contributed by atoms with E-state index in [2.05, 4.69) is 36.6 Å². The normalized spacial score (nSPS) is 11.4. The third-order valence-corrected chi connectivity index (χ3v) is 6.28. The van der Waals surface area contributed by atoms with Crippen LogP contribution in [0.2, 0.25) is 5.02 Å². The largest absolute Gasteiger partial charge is 0.326 e. The highest BCUT2D eigenvalue weighted by Crippen LogP contribution is 2.29. The molecule has 0 heterocycles. The second kappa shape index (κ2) is 6.66. The molecule has 0 aliphatic carbocycles. The first-order valence-electron chi connectivity index (χ1n) is 5.80. The van der Waals surface area contributed by atoms with Gasteiger partial charge < -0.3 is 5.73 Å². The van der Waals surface area contributed by atoms with Gasteiger partial charge in [0.15, 0.2) is 0 Å². The molecule has 0 atom stereocenters. The van der Waals surface area contributed by atoms with E-state index in [9.17, 15) is 8.42 Å². The van der Waals surface area contributed by atoms with Crippen LogP contribution in [0.25, 0.3) is 0 Å². The number of benzene rings is 2. The molecule has 0 aliphatic rings. The molecule has 112 valence electrons. The molecule has 8 heteroatoms. The standard InChI is InChI=1S/C13H11Br2ClN2O2S/c14-10-3-1-8(7-17)5-13(10)21(19,20)18-9-2-4-12(16)11(15)6-9/h1-6,18H,7,17H2. The van der Waals surface area contributed by atoms with Crippen LogP contribution in [-0.4, -0.2) is 8.42 Å². The van der Waals surface area contributed by atoms with Crippen molar-refractivity contribution in [1.82, 2.24) is 0 Å². The molecule has 0 saturated heterocycles. The number of rotatable bonds is 4. The lowest BCUT2D eigenvalue weighted by Crippen LogP contribution is -2.14. The monoisotopic (exact) mass is 452 g/mol. The van der Waals surface area contributed by atoms with Gasteiger partial charge in [0.1, 0.15) is 4.90 Å². The molecule has 3 N–H and O–H groups in total. The second-order valence-electron chi connectivity index (χ2n) is 4.20. The Kier molecular flexibility index (Phi) is 5.32. The molecule has 0 aromatic heterocycles. The molecule has 0 saturated carbocycles. The maximum atomic E-state index is 12.5. The van der Waals surface area contributed by atoms with Gasteiger partial charge in [-0.05, 0) is 67.8 Å². The minimum Gasteiger partial charge on any atom is -0.326 e. The predicted molar refractivity (Wildman–Crippen MR) is 92.0 cm³/mol. The van der Waals surface area contributed by atoms with Gasteiger partial charge in [0.25, 0.3) is 10.0 Å². The minimum atomic E-state index is -3.72. The molecule has 4 nitrogen and oxygen atoms in total. The summed E-state index contributed by atoms with van der Waals surface area (Å²) in [7, 11) is -3.72. The summed E-state index contributed by atoms with van der Waals surface area (Å²) in [5.74, 6) is 0. The van der Waals surface area contributed by atoms with Gasteiger partial charge in [0.05, 0.1) is 10.7 Å². The van der Waals surface area contributed by atoms with Crippen molar-refractivity contribution in [3.8, 4) is 0 Å². The van der Waals surface area contributed by atoms with Crippen molar-refractivity contribution in [1.29, 1.82) is 0 Å². The highest BCUT2D eigenvalue weighted by atomic mass is 79.9. The maximum Gasteiger partial charge on any atom is 0.263 e. The fourth-order valence-corrected chi connectivity index (χ4v) is 4.21. The van der Waals surface area contributed by atoms with Crippen molar-refractivity contribution in [2.24, 2.45) is 5.73 Å². The Labute approximate surface area is 145 Å². The highest BCUT2D eigenvalue weighted by Gasteiger charge is 2.18. The number of nitrogens with two attached hydrogens (primary N) is 1. The smallest absolute Gasteiger partial charge is 0.263 e. The van der Waals surface area contributed by atoms with Gasteiger partial charge in [-0.2, -0.15) is 0 Å². The molecule has 0 radical (unpaired) electrons. The van der Waals surface area contributed by atoms with Crippen LogP contribution in [0.1, 0.15) is 5.56 Å². The number of nitrogens with one attached hydrogen (secondary N) is 1. The van der Waals surface area contributed by atoms with E-state index >= 15 is 0 Å². The van der Waals surface area contributed by atoms with Crippen LogP contribution >= 0.6 is 43.5 Å². The number of hydrogen-bond donors (Lipinski definition) is 2. The van der Waals surface area contributed by atoms with E-state index in [4.69, 9.17) is 17.3 Å². The first kappa shape index (κ1) is 16.8. The zero-order valence-electron chi connectivity index (χ0n) is 10.6. The summed E-state index contributed by atoms with van der Waals surface area (Å²) < 4.78 is 28.5. The third-order valence-electron chi connectivity index (χ3n) is 2.69. The van der Waals surface area contributed by atoms with E-state index in [1.54, 1.807) is 30.3 Å². The van der Waals surface area contributed by atoms with Gasteiger partial charge in [0.2, 0.25) is 0 Å². The summed E-state index contributed by atoms with van der Waals surface area (Å²) in [6, 6.07) is 9.76. The van der Waals surface area contributed by atoms with E-state index < -0.39 is 10.0 Å². The van der Waals surface area contributed by atoms with Crippen LogP contribution in [-0.2, 0) is 16.6 Å². The quantitative estimate of drug-likeness (QED) is 0.730. The summed E-state index contributed by atoms with van der Waals surface area (Å²) in [5.41, 5.74) is 6.70. The molecule has 2 rings (SSSR count). The molecule has 2 aromatic rings. The summed E-state index contributed by atoms with van der Waals surface area (Å²) in [5, 5.41) is 0.504. The Hall–Kier alpha value is -0.600. The molecular formula is C13H11Br2ClN2O2S. The average molecular weight is 455 g/mol. The van der Waals surface area contributed by atoms with E-state index in [1.807, 2.05) is 0 Å². The highest BCUT2D eigenvalue weighted by molar-refractivity contribution is 9.10. The Morgan fingerprint density at radius 3 is 2.43 bits per heavy atom. The lowest BCUT2D eigenvalue weighted by Gasteiger charge is -2.11. The molecule has 0 spiro atoms. The van der Waals surface area contributed by atoms with Crippen molar-refractivity contribution < 1.29 is 8.42 Å². The van der Waals surface area contributed by atoms with Crippen LogP contribution in [0, 0.1) is 0 Å². The number of hydrogen-bond acceptors (Lipinski definition) is 3. The van der Waals surface area contributed by atoms with Gasteiger partial charge >= 0.3 is 0 Å². The Morgan fingerprint density at radius 1 is 1.10 bits per heavy atom. The molecule has 0 bridgehead atoms. The average Bonchev–Trinajstić information content (AvgIpc) is 2.43. The van der Waals surface area contributed by atoms with Crippen LogP contribution in [0.5, 0.6) is 0 Å². The number of halogens is 3. The molecule has 0 fully saturated rings. The zero-order valence-corrected chi connectivity index (χ0v) is 15.4. The second-order valence-corrected chi connectivity index (χ2v) is 7.97. The number of anilines is 1. The third kappa shape index (κ3) is 3.98. The Bertz CT molecular complexity index is 782. The number of sulfonamides is 1.